The summed E-state index contributed by atoms with van der Waals surface area (Å²) in [5.74, 6) is -0.374. The lowest BCUT2D eigenvalue weighted by molar-refractivity contribution is 0.102. The minimum atomic E-state index is -0.374. The quantitative estimate of drug-likeness (QED) is 0.374. The van der Waals surface area contributed by atoms with Crippen LogP contribution in [0.15, 0.2) is 59.5 Å². The van der Waals surface area contributed by atoms with Gasteiger partial charge in [0.1, 0.15) is 5.69 Å². The number of pyridine rings is 1. The molecule has 0 unspecified atom stereocenters. The molecular formula is C26H26N6O2S. The number of hydrogen-bond acceptors (Lipinski definition) is 5. The van der Waals surface area contributed by atoms with Gasteiger partial charge in [-0.15, -0.1) is 11.3 Å². The van der Waals surface area contributed by atoms with Gasteiger partial charge in [-0.1, -0.05) is 18.2 Å². The molecule has 5 aromatic rings. The van der Waals surface area contributed by atoms with E-state index >= 15 is 0 Å². The van der Waals surface area contributed by atoms with Gasteiger partial charge in [0.05, 0.1) is 39.1 Å². The SMILES string of the molecule is Cc1ccc(-c2cc(C(=O)Nc3c(C)n(C)n(-c4ccccc4)c3=O)c3cnn(C(C)C)c3n2)s1. The van der Waals surface area contributed by atoms with Crippen molar-refractivity contribution in [3.05, 3.63) is 81.2 Å². The topological polar surface area (TPSA) is 86.7 Å². The van der Waals surface area contributed by atoms with Crippen LogP contribution < -0.4 is 10.9 Å². The van der Waals surface area contributed by atoms with Crippen molar-refractivity contribution in [3.8, 4) is 16.3 Å². The Labute approximate surface area is 206 Å². The average Bonchev–Trinajstić information content (AvgIpc) is 3.52. The summed E-state index contributed by atoms with van der Waals surface area (Å²) >= 11 is 1.62. The van der Waals surface area contributed by atoms with E-state index in [4.69, 9.17) is 4.98 Å². The van der Waals surface area contributed by atoms with Gasteiger partial charge in [-0.2, -0.15) is 5.10 Å². The molecule has 9 heteroatoms. The number of aryl methyl sites for hydroxylation is 1. The number of para-hydroxylation sites is 1. The number of hydrogen-bond donors (Lipinski definition) is 1. The number of aromatic nitrogens is 5. The molecule has 4 heterocycles. The molecule has 0 aliphatic heterocycles. The van der Waals surface area contributed by atoms with Crippen LogP contribution in [-0.2, 0) is 7.05 Å². The number of nitrogens with zero attached hydrogens (tertiary/aromatic N) is 5. The van der Waals surface area contributed by atoms with E-state index in [1.165, 1.54) is 0 Å². The molecule has 5 rings (SSSR count). The Morgan fingerprint density at radius 3 is 2.49 bits per heavy atom. The number of fused-ring (bicyclic) bond motifs is 1. The van der Waals surface area contributed by atoms with Gasteiger partial charge in [0.25, 0.3) is 11.5 Å². The molecule has 0 aliphatic rings. The van der Waals surface area contributed by atoms with Crippen LogP contribution >= 0.6 is 11.3 Å². The number of carbonyl (C=O) groups excluding carboxylic acids is 1. The second kappa shape index (κ2) is 8.66. The van der Waals surface area contributed by atoms with Crippen molar-refractivity contribution in [2.75, 3.05) is 5.32 Å². The molecular weight excluding hydrogens is 460 g/mol. The second-order valence-electron chi connectivity index (χ2n) is 8.78. The van der Waals surface area contributed by atoms with Gasteiger partial charge < -0.3 is 5.32 Å². The fraction of sp³-hybridized carbons (Fsp3) is 0.231. The Hall–Kier alpha value is -3.98. The van der Waals surface area contributed by atoms with Gasteiger partial charge >= 0.3 is 0 Å². The molecule has 1 aromatic carbocycles. The maximum absolute atomic E-state index is 13.6. The molecule has 0 saturated heterocycles. The molecule has 0 bridgehead atoms. The monoisotopic (exact) mass is 486 g/mol. The van der Waals surface area contributed by atoms with E-state index in [1.807, 2.05) is 74.8 Å². The van der Waals surface area contributed by atoms with Gasteiger partial charge in [-0.05, 0) is 58.0 Å². The van der Waals surface area contributed by atoms with Gasteiger partial charge in [0.15, 0.2) is 5.65 Å². The molecule has 35 heavy (non-hydrogen) atoms. The number of carbonyl (C=O) groups is 1. The highest BCUT2D eigenvalue weighted by Crippen LogP contribution is 2.31. The Morgan fingerprint density at radius 2 is 1.83 bits per heavy atom. The Kier molecular flexibility index (Phi) is 5.64. The maximum Gasteiger partial charge on any atom is 0.295 e. The first kappa shape index (κ1) is 22.8. The maximum atomic E-state index is 13.6. The highest BCUT2D eigenvalue weighted by atomic mass is 32.1. The zero-order valence-corrected chi connectivity index (χ0v) is 21.1. The highest BCUT2D eigenvalue weighted by molar-refractivity contribution is 7.15. The van der Waals surface area contributed by atoms with E-state index in [1.54, 1.807) is 40.0 Å². The summed E-state index contributed by atoms with van der Waals surface area (Å²) in [6, 6.07) is 15.2. The Bertz CT molecular complexity index is 1620. The van der Waals surface area contributed by atoms with Crippen LogP contribution in [-0.4, -0.2) is 30.0 Å². The first-order chi connectivity index (χ1) is 16.8. The zero-order valence-electron chi connectivity index (χ0n) is 20.2. The van der Waals surface area contributed by atoms with Crippen LogP contribution in [0.3, 0.4) is 0 Å². The number of rotatable bonds is 5. The van der Waals surface area contributed by atoms with Crippen molar-refractivity contribution < 1.29 is 4.79 Å². The van der Waals surface area contributed by atoms with Crippen molar-refractivity contribution >= 4 is 34.0 Å². The summed E-state index contributed by atoms with van der Waals surface area (Å²) in [6.45, 7) is 7.90. The molecule has 178 valence electrons. The average molecular weight is 487 g/mol. The van der Waals surface area contributed by atoms with E-state index in [-0.39, 0.29) is 23.2 Å². The van der Waals surface area contributed by atoms with E-state index in [2.05, 4.69) is 10.4 Å². The molecule has 0 radical (unpaired) electrons. The molecule has 4 aromatic heterocycles. The summed E-state index contributed by atoms with van der Waals surface area (Å²) < 4.78 is 5.10. The van der Waals surface area contributed by atoms with Crippen LogP contribution in [0.1, 0.15) is 40.8 Å². The fourth-order valence-electron chi connectivity index (χ4n) is 4.18. The third-order valence-corrected chi connectivity index (χ3v) is 7.11. The van der Waals surface area contributed by atoms with Crippen molar-refractivity contribution in [3.63, 3.8) is 0 Å². The molecule has 0 saturated carbocycles. The standard InChI is InChI=1S/C26H26N6O2S/c1-15(2)31-24-20(14-27-31)19(13-21(28-24)22-12-11-16(3)35-22)25(33)29-23-17(4)30(5)32(26(23)34)18-9-7-6-8-10-18/h6-15H,1-5H3,(H,29,33). The molecule has 1 amide bonds. The predicted molar refractivity (Wildman–Crippen MR) is 140 cm³/mol. The number of anilines is 1. The number of nitrogens with one attached hydrogen (secondary N) is 1. The van der Waals surface area contributed by atoms with E-state index < -0.39 is 0 Å². The lowest BCUT2D eigenvalue weighted by Gasteiger charge is -2.10. The molecule has 0 atom stereocenters. The van der Waals surface area contributed by atoms with Gasteiger partial charge in [-0.25, -0.2) is 14.3 Å². The van der Waals surface area contributed by atoms with Crippen molar-refractivity contribution in [1.29, 1.82) is 0 Å². The number of thiophene rings is 1. The largest absolute Gasteiger partial charge is 0.316 e. The highest BCUT2D eigenvalue weighted by Gasteiger charge is 2.23. The summed E-state index contributed by atoms with van der Waals surface area (Å²) in [6.07, 6.45) is 1.67. The van der Waals surface area contributed by atoms with E-state index in [9.17, 15) is 9.59 Å². The minimum absolute atomic E-state index is 0.0747. The predicted octanol–water partition coefficient (Wildman–Crippen LogP) is 5.10. The molecule has 0 spiro atoms. The van der Waals surface area contributed by atoms with Gasteiger partial charge in [-0.3, -0.25) is 14.3 Å². The van der Waals surface area contributed by atoms with Crippen LogP contribution in [0.25, 0.3) is 27.3 Å². The number of amides is 1. The Morgan fingerprint density at radius 1 is 1.09 bits per heavy atom. The van der Waals surface area contributed by atoms with Gasteiger partial charge in [0.2, 0.25) is 0 Å². The second-order valence-corrected chi connectivity index (χ2v) is 10.1. The third kappa shape index (κ3) is 3.87. The first-order valence-electron chi connectivity index (χ1n) is 11.4. The van der Waals surface area contributed by atoms with Gasteiger partial charge in [0, 0.05) is 18.0 Å². The number of benzene rings is 1. The third-order valence-electron chi connectivity index (χ3n) is 6.09. The smallest absolute Gasteiger partial charge is 0.295 e. The first-order valence-corrected chi connectivity index (χ1v) is 12.2. The van der Waals surface area contributed by atoms with Crippen molar-refractivity contribution in [2.45, 2.75) is 33.7 Å². The van der Waals surface area contributed by atoms with Crippen LogP contribution in [0, 0.1) is 13.8 Å². The summed E-state index contributed by atoms with van der Waals surface area (Å²) in [4.78, 5) is 33.9. The lowest BCUT2D eigenvalue weighted by Crippen LogP contribution is -2.23. The molecule has 8 nitrogen and oxygen atoms in total. The molecule has 0 aliphatic carbocycles. The fourth-order valence-corrected chi connectivity index (χ4v) is 5.00. The summed E-state index contributed by atoms with van der Waals surface area (Å²) in [7, 11) is 1.80. The molecule has 1 N–H and O–H groups in total. The van der Waals surface area contributed by atoms with Crippen molar-refractivity contribution in [1.82, 2.24) is 24.1 Å². The summed E-state index contributed by atoms with van der Waals surface area (Å²) in [5.41, 5.74) is 3.11. The normalized spacial score (nSPS) is 11.5. The lowest BCUT2D eigenvalue weighted by atomic mass is 10.1. The van der Waals surface area contributed by atoms with Crippen molar-refractivity contribution in [2.24, 2.45) is 7.05 Å². The van der Waals surface area contributed by atoms with E-state index in [0.29, 0.717) is 28.0 Å². The molecule has 0 fully saturated rings. The van der Waals surface area contributed by atoms with Crippen LogP contribution in [0.2, 0.25) is 0 Å². The van der Waals surface area contributed by atoms with E-state index in [0.717, 1.165) is 15.4 Å². The van der Waals surface area contributed by atoms with Crippen LogP contribution in [0.4, 0.5) is 5.69 Å². The summed E-state index contributed by atoms with van der Waals surface area (Å²) in [5, 5.41) is 8.02. The van der Waals surface area contributed by atoms with Crippen LogP contribution in [0.5, 0.6) is 0 Å². The minimum Gasteiger partial charge on any atom is -0.316 e. The zero-order chi connectivity index (χ0) is 24.9. The Balaban J connectivity index is 1.63.